The molecule has 172 valence electrons. The molecule has 0 spiro atoms. The molecule has 8 nitrogen and oxygen atoms in total. The van der Waals surface area contributed by atoms with Crippen LogP contribution in [0.1, 0.15) is 0 Å². The van der Waals surface area contributed by atoms with Gasteiger partial charge in [0.1, 0.15) is 5.75 Å². The second-order valence-corrected chi connectivity index (χ2v) is 9.64. The molecule has 1 fully saturated rings. The lowest BCUT2D eigenvalue weighted by Gasteiger charge is -2.13. The predicted molar refractivity (Wildman–Crippen MR) is 127 cm³/mol. The van der Waals surface area contributed by atoms with E-state index in [9.17, 15) is 13.2 Å². The molecule has 4 N–H and O–H groups in total. The average Bonchev–Trinajstić information content (AvgIpc) is 3.37. The van der Waals surface area contributed by atoms with Crippen LogP contribution in [-0.2, 0) is 9.84 Å². The van der Waals surface area contributed by atoms with Crippen LogP contribution in [0.2, 0.25) is 0 Å². The number of rotatable bonds is 7. The Kier molecular flexibility index (Phi) is 6.93. The zero-order valence-electron chi connectivity index (χ0n) is 18.2. The molecule has 0 radical (unpaired) electrons. The number of methoxy groups -OCH3 is 1. The number of hydrogen-bond donors (Lipinski definition) is 4. The van der Waals surface area contributed by atoms with E-state index in [4.69, 9.17) is 4.74 Å². The Morgan fingerprint density at radius 3 is 2.45 bits per heavy atom. The largest absolute Gasteiger partial charge is 0.497 e. The summed E-state index contributed by atoms with van der Waals surface area (Å²) < 4.78 is 32.1. The summed E-state index contributed by atoms with van der Waals surface area (Å²) in [5.41, 5.74) is 7.88. The lowest BCUT2D eigenvalue weighted by Crippen LogP contribution is -2.34. The maximum absolute atomic E-state index is 13.4. The van der Waals surface area contributed by atoms with Gasteiger partial charge < -0.3 is 15.4 Å². The van der Waals surface area contributed by atoms with Crippen molar-refractivity contribution in [1.29, 1.82) is 0 Å². The van der Waals surface area contributed by atoms with E-state index in [2.05, 4.69) is 21.5 Å². The van der Waals surface area contributed by atoms with Crippen LogP contribution in [0.5, 0.6) is 5.75 Å². The Morgan fingerprint density at radius 1 is 1.00 bits per heavy atom. The number of nitrogens with one attached hydrogen (secondary N) is 4. The van der Waals surface area contributed by atoms with Gasteiger partial charge in [0, 0.05) is 36.8 Å². The second-order valence-electron chi connectivity index (χ2n) is 7.72. The van der Waals surface area contributed by atoms with Gasteiger partial charge in [0.25, 0.3) is 0 Å². The highest BCUT2D eigenvalue weighted by atomic mass is 32.2. The summed E-state index contributed by atoms with van der Waals surface area (Å²) in [4.78, 5) is 12.5. The molecule has 1 saturated heterocycles. The quantitative estimate of drug-likeness (QED) is 0.426. The zero-order valence-corrected chi connectivity index (χ0v) is 19.0. The molecule has 0 saturated carbocycles. The van der Waals surface area contributed by atoms with E-state index in [-0.39, 0.29) is 15.8 Å². The average molecular weight is 467 g/mol. The maximum Gasteiger partial charge on any atom is 0.319 e. The SMILES string of the molecule is COc1cccc(-c2ccccc2S(=O)(=O)c2ccc(NC(=O)NCC3CNNC3)cc2)c1. The molecule has 3 aromatic carbocycles. The van der Waals surface area contributed by atoms with E-state index in [1.54, 1.807) is 49.6 Å². The standard InChI is InChI=1S/C24H26N4O4S/c1-32-20-6-4-5-18(13-20)22-7-2-3-8-23(22)33(30,31)21-11-9-19(10-12-21)28-24(29)25-14-17-15-26-27-16-17/h2-13,17,26-27H,14-16H2,1H3,(H2,25,28,29). The third-order valence-corrected chi connectivity index (χ3v) is 7.27. The molecule has 0 aliphatic carbocycles. The highest BCUT2D eigenvalue weighted by molar-refractivity contribution is 7.91. The monoisotopic (exact) mass is 466 g/mol. The molecular formula is C24H26N4O4S. The third-order valence-electron chi connectivity index (χ3n) is 5.44. The Labute approximate surface area is 193 Å². The first-order valence-corrected chi connectivity index (χ1v) is 12.0. The van der Waals surface area contributed by atoms with E-state index >= 15 is 0 Å². The summed E-state index contributed by atoms with van der Waals surface area (Å²) in [6.07, 6.45) is 0. The highest BCUT2D eigenvalue weighted by Gasteiger charge is 2.22. The number of amides is 2. The molecule has 33 heavy (non-hydrogen) atoms. The molecule has 2 amide bonds. The summed E-state index contributed by atoms with van der Waals surface area (Å²) in [7, 11) is -2.22. The van der Waals surface area contributed by atoms with Gasteiger partial charge >= 0.3 is 6.03 Å². The molecule has 1 aliphatic heterocycles. The van der Waals surface area contributed by atoms with Crippen LogP contribution in [0.4, 0.5) is 10.5 Å². The first-order valence-electron chi connectivity index (χ1n) is 10.6. The Balaban J connectivity index is 1.51. The molecule has 4 rings (SSSR count). The van der Waals surface area contributed by atoms with Gasteiger partial charge in [-0.2, -0.15) is 0 Å². The van der Waals surface area contributed by atoms with Crippen molar-refractivity contribution in [3.8, 4) is 16.9 Å². The Hall–Kier alpha value is -3.40. The number of urea groups is 1. The Bertz CT molecular complexity index is 1220. The van der Waals surface area contributed by atoms with Crippen molar-refractivity contribution in [1.82, 2.24) is 16.2 Å². The molecule has 1 heterocycles. The predicted octanol–water partition coefficient (Wildman–Crippen LogP) is 3.04. The fourth-order valence-corrected chi connectivity index (χ4v) is 5.12. The van der Waals surface area contributed by atoms with E-state index in [0.717, 1.165) is 18.7 Å². The zero-order chi connectivity index (χ0) is 23.3. The van der Waals surface area contributed by atoms with Gasteiger partial charge in [-0.3, -0.25) is 10.9 Å². The third kappa shape index (κ3) is 5.33. The van der Waals surface area contributed by atoms with Crippen molar-refractivity contribution >= 4 is 21.6 Å². The molecule has 0 atom stereocenters. The molecule has 0 bridgehead atoms. The van der Waals surface area contributed by atoms with Crippen LogP contribution < -0.4 is 26.2 Å². The van der Waals surface area contributed by atoms with Crippen LogP contribution in [0, 0.1) is 5.92 Å². The lowest BCUT2D eigenvalue weighted by molar-refractivity contribution is 0.250. The Morgan fingerprint density at radius 2 is 1.73 bits per heavy atom. The van der Waals surface area contributed by atoms with Gasteiger partial charge in [-0.15, -0.1) is 0 Å². The molecule has 3 aromatic rings. The van der Waals surface area contributed by atoms with Gasteiger partial charge in [0.2, 0.25) is 9.84 Å². The molecular weight excluding hydrogens is 440 g/mol. The van der Waals surface area contributed by atoms with Gasteiger partial charge in [-0.25, -0.2) is 13.2 Å². The van der Waals surface area contributed by atoms with Gasteiger partial charge in [-0.05, 0) is 48.0 Å². The topological polar surface area (TPSA) is 109 Å². The number of anilines is 1. The number of carbonyl (C=O) groups excluding carboxylic acids is 1. The van der Waals surface area contributed by atoms with Crippen molar-refractivity contribution in [3.63, 3.8) is 0 Å². The summed E-state index contributed by atoms with van der Waals surface area (Å²) in [5, 5.41) is 5.55. The van der Waals surface area contributed by atoms with Crippen LogP contribution in [0.25, 0.3) is 11.1 Å². The number of hydrazine groups is 1. The van der Waals surface area contributed by atoms with Crippen molar-refractivity contribution in [2.24, 2.45) is 5.92 Å². The van der Waals surface area contributed by atoms with Crippen LogP contribution in [0.3, 0.4) is 0 Å². The van der Waals surface area contributed by atoms with Gasteiger partial charge in [0.15, 0.2) is 0 Å². The van der Waals surface area contributed by atoms with Crippen LogP contribution >= 0.6 is 0 Å². The van der Waals surface area contributed by atoms with Crippen LogP contribution in [0.15, 0.2) is 82.6 Å². The van der Waals surface area contributed by atoms with Gasteiger partial charge in [-0.1, -0.05) is 30.3 Å². The van der Waals surface area contributed by atoms with Crippen molar-refractivity contribution in [3.05, 3.63) is 72.8 Å². The van der Waals surface area contributed by atoms with Gasteiger partial charge in [0.05, 0.1) is 16.9 Å². The number of benzene rings is 3. The van der Waals surface area contributed by atoms with Crippen molar-refractivity contribution < 1.29 is 17.9 Å². The minimum absolute atomic E-state index is 0.145. The molecule has 0 unspecified atom stereocenters. The van der Waals surface area contributed by atoms with E-state index in [1.807, 2.05) is 18.2 Å². The molecule has 9 heteroatoms. The fourth-order valence-electron chi connectivity index (χ4n) is 3.64. The van der Waals surface area contributed by atoms with E-state index in [0.29, 0.717) is 29.5 Å². The van der Waals surface area contributed by atoms with Crippen LogP contribution in [-0.4, -0.2) is 41.2 Å². The van der Waals surface area contributed by atoms with E-state index in [1.165, 1.54) is 12.1 Å². The number of hydrogen-bond acceptors (Lipinski definition) is 6. The summed E-state index contributed by atoms with van der Waals surface area (Å²) >= 11 is 0. The summed E-state index contributed by atoms with van der Waals surface area (Å²) in [6, 6.07) is 20.0. The first kappa shape index (κ1) is 22.8. The smallest absolute Gasteiger partial charge is 0.319 e. The summed E-state index contributed by atoms with van der Waals surface area (Å²) in [6.45, 7) is 2.13. The first-order chi connectivity index (χ1) is 16.0. The number of ether oxygens (including phenoxy) is 1. The van der Waals surface area contributed by atoms with Crippen molar-refractivity contribution in [2.45, 2.75) is 9.79 Å². The second kappa shape index (κ2) is 10.0. The molecule has 0 aromatic heterocycles. The number of carbonyl (C=O) groups is 1. The normalized spacial score (nSPS) is 14.1. The minimum Gasteiger partial charge on any atom is -0.497 e. The molecule has 1 aliphatic rings. The maximum atomic E-state index is 13.4. The lowest BCUT2D eigenvalue weighted by atomic mass is 10.1. The highest BCUT2D eigenvalue weighted by Crippen LogP contribution is 2.33. The summed E-state index contributed by atoms with van der Waals surface area (Å²) in [5.74, 6) is 0.974. The minimum atomic E-state index is -3.79. The van der Waals surface area contributed by atoms with E-state index < -0.39 is 9.84 Å². The number of sulfone groups is 1. The van der Waals surface area contributed by atoms with Crippen molar-refractivity contribution in [2.75, 3.05) is 32.1 Å². The fraction of sp³-hybridized carbons (Fsp3) is 0.208.